The number of aryl methyl sites for hydroxylation is 1. The molecule has 0 saturated carbocycles. The Morgan fingerprint density at radius 1 is 1.31 bits per heavy atom. The second kappa shape index (κ2) is 4.61. The molecule has 0 radical (unpaired) electrons. The maximum atomic E-state index is 4.43. The average molecular weight is 278 g/mol. The SMILES string of the molecule is CNc1nc(-c2cccc(C)c2)ncc1Br. The zero-order chi connectivity index (χ0) is 11.5. The first-order valence-electron chi connectivity index (χ1n) is 4.98. The highest BCUT2D eigenvalue weighted by atomic mass is 79.9. The molecule has 0 unspecified atom stereocenters. The van der Waals surface area contributed by atoms with E-state index in [1.807, 2.05) is 19.2 Å². The number of hydrogen-bond donors (Lipinski definition) is 1. The summed E-state index contributed by atoms with van der Waals surface area (Å²) in [4.78, 5) is 8.73. The van der Waals surface area contributed by atoms with Crippen molar-refractivity contribution in [2.45, 2.75) is 6.92 Å². The predicted octanol–water partition coefficient (Wildman–Crippen LogP) is 3.26. The zero-order valence-electron chi connectivity index (χ0n) is 9.16. The molecule has 0 aliphatic heterocycles. The van der Waals surface area contributed by atoms with Gasteiger partial charge in [0, 0.05) is 18.8 Å². The van der Waals surface area contributed by atoms with Crippen molar-refractivity contribution in [2.24, 2.45) is 0 Å². The summed E-state index contributed by atoms with van der Waals surface area (Å²) in [5.41, 5.74) is 2.24. The highest BCUT2D eigenvalue weighted by Gasteiger charge is 2.05. The molecule has 1 aromatic heterocycles. The van der Waals surface area contributed by atoms with Crippen molar-refractivity contribution >= 4 is 21.7 Å². The highest BCUT2D eigenvalue weighted by Crippen LogP contribution is 2.23. The smallest absolute Gasteiger partial charge is 0.161 e. The van der Waals surface area contributed by atoms with Crippen molar-refractivity contribution in [3.8, 4) is 11.4 Å². The van der Waals surface area contributed by atoms with Gasteiger partial charge in [-0.3, -0.25) is 0 Å². The molecule has 1 heterocycles. The third-order valence-electron chi connectivity index (χ3n) is 2.26. The predicted molar refractivity (Wildman–Crippen MR) is 69.5 cm³/mol. The van der Waals surface area contributed by atoms with Gasteiger partial charge in [-0.1, -0.05) is 23.8 Å². The van der Waals surface area contributed by atoms with Crippen LogP contribution in [0.25, 0.3) is 11.4 Å². The molecule has 0 amide bonds. The number of nitrogens with one attached hydrogen (secondary N) is 1. The molecule has 0 bridgehead atoms. The van der Waals surface area contributed by atoms with Crippen LogP contribution in [0.2, 0.25) is 0 Å². The molecule has 16 heavy (non-hydrogen) atoms. The van der Waals surface area contributed by atoms with Gasteiger partial charge in [-0.25, -0.2) is 9.97 Å². The van der Waals surface area contributed by atoms with Gasteiger partial charge in [-0.05, 0) is 28.9 Å². The summed E-state index contributed by atoms with van der Waals surface area (Å²) in [6, 6.07) is 8.15. The molecule has 0 saturated heterocycles. The van der Waals surface area contributed by atoms with Crippen LogP contribution in [0.4, 0.5) is 5.82 Å². The maximum absolute atomic E-state index is 4.43. The van der Waals surface area contributed by atoms with E-state index in [1.54, 1.807) is 6.20 Å². The van der Waals surface area contributed by atoms with Crippen molar-refractivity contribution in [3.63, 3.8) is 0 Å². The monoisotopic (exact) mass is 277 g/mol. The Morgan fingerprint density at radius 2 is 2.12 bits per heavy atom. The summed E-state index contributed by atoms with van der Waals surface area (Å²) in [7, 11) is 1.84. The fourth-order valence-electron chi connectivity index (χ4n) is 1.47. The molecule has 0 aliphatic carbocycles. The summed E-state index contributed by atoms with van der Waals surface area (Å²) in [5.74, 6) is 1.53. The molecular formula is C12H12BrN3. The first kappa shape index (κ1) is 11.1. The lowest BCUT2D eigenvalue weighted by Crippen LogP contribution is -1.97. The standard InChI is InChI=1S/C12H12BrN3/c1-8-4-3-5-9(6-8)11-15-7-10(13)12(14-2)16-11/h3-7H,1-2H3,(H,14,15,16). The molecule has 3 nitrogen and oxygen atoms in total. The summed E-state index contributed by atoms with van der Waals surface area (Å²) < 4.78 is 0.867. The molecule has 2 aromatic rings. The first-order chi connectivity index (χ1) is 7.70. The summed E-state index contributed by atoms with van der Waals surface area (Å²) in [5, 5.41) is 3.02. The lowest BCUT2D eigenvalue weighted by atomic mass is 10.1. The number of rotatable bonds is 2. The Labute approximate surface area is 103 Å². The lowest BCUT2D eigenvalue weighted by Gasteiger charge is -2.05. The van der Waals surface area contributed by atoms with Crippen LogP contribution in [-0.4, -0.2) is 17.0 Å². The van der Waals surface area contributed by atoms with Crippen molar-refractivity contribution in [1.82, 2.24) is 9.97 Å². The molecule has 4 heteroatoms. The van der Waals surface area contributed by atoms with Gasteiger partial charge in [0.1, 0.15) is 5.82 Å². The van der Waals surface area contributed by atoms with E-state index < -0.39 is 0 Å². The Kier molecular flexibility index (Phi) is 3.19. The summed E-state index contributed by atoms with van der Waals surface area (Å²) >= 11 is 3.39. The fourth-order valence-corrected chi connectivity index (χ4v) is 1.85. The van der Waals surface area contributed by atoms with Crippen molar-refractivity contribution in [1.29, 1.82) is 0 Å². The van der Waals surface area contributed by atoms with Gasteiger partial charge >= 0.3 is 0 Å². The van der Waals surface area contributed by atoms with Crippen LogP contribution in [0.15, 0.2) is 34.9 Å². The fraction of sp³-hybridized carbons (Fsp3) is 0.167. The van der Waals surface area contributed by atoms with Gasteiger partial charge in [0.05, 0.1) is 4.47 Å². The van der Waals surface area contributed by atoms with E-state index in [0.29, 0.717) is 0 Å². The topological polar surface area (TPSA) is 37.8 Å². The van der Waals surface area contributed by atoms with Gasteiger partial charge in [0.2, 0.25) is 0 Å². The van der Waals surface area contributed by atoms with Crippen LogP contribution in [0.3, 0.4) is 0 Å². The van der Waals surface area contributed by atoms with E-state index in [-0.39, 0.29) is 0 Å². The van der Waals surface area contributed by atoms with Gasteiger partial charge < -0.3 is 5.32 Å². The lowest BCUT2D eigenvalue weighted by molar-refractivity contribution is 1.15. The Balaban J connectivity index is 2.48. The number of benzene rings is 1. The molecule has 82 valence electrons. The molecule has 0 fully saturated rings. The molecule has 2 rings (SSSR count). The largest absolute Gasteiger partial charge is 0.372 e. The average Bonchev–Trinajstić information content (AvgIpc) is 2.29. The van der Waals surface area contributed by atoms with Gasteiger partial charge in [-0.2, -0.15) is 0 Å². The molecule has 0 spiro atoms. The Bertz CT molecular complexity index is 511. The zero-order valence-corrected chi connectivity index (χ0v) is 10.7. The van der Waals surface area contributed by atoms with Crippen molar-refractivity contribution in [3.05, 3.63) is 40.5 Å². The van der Waals surface area contributed by atoms with Gasteiger partial charge in [0.25, 0.3) is 0 Å². The minimum atomic E-state index is 0.733. The van der Waals surface area contributed by atoms with Crippen LogP contribution in [0, 0.1) is 6.92 Å². The van der Waals surface area contributed by atoms with E-state index in [0.717, 1.165) is 21.7 Å². The quantitative estimate of drug-likeness (QED) is 0.916. The number of halogens is 1. The summed E-state index contributed by atoms with van der Waals surface area (Å²) in [6.07, 6.45) is 1.76. The van der Waals surface area contributed by atoms with E-state index in [1.165, 1.54) is 5.56 Å². The maximum Gasteiger partial charge on any atom is 0.161 e. The number of anilines is 1. The second-order valence-corrected chi connectivity index (χ2v) is 4.36. The van der Waals surface area contributed by atoms with Crippen LogP contribution in [0.1, 0.15) is 5.56 Å². The summed E-state index contributed by atoms with van der Waals surface area (Å²) in [6.45, 7) is 2.06. The second-order valence-electron chi connectivity index (χ2n) is 3.51. The van der Waals surface area contributed by atoms with Crippen LogP contribution < -0.4 is 5.32 Å². The number of nitrogens with zero attached hydrogens (tertiary/aromatic N) is 2. The van der Waals surface area contributed by atoms with Crippen LogP contribution in [0.5, 0.6) is 0 Å². The minimum absolute atomic E-state index is 0.733. The normalized spacial score (nSPS) is 10.2. The van der Waals surface area contributed by atoms with E-state index in [9.17, 15) is 0 Å². The third kappa shape index (κ3) is 2.22. The van der Waals surface area contributed by atoms with E-state index in [4.69, 9.17) is 0 Å². The molecule has 0 atom stereocenters. The van der Waals surface area contributed by atoms with Gasteiger partial charge in [0.15, 0.2) is 5.82 Å². The van der Waals surface area contributed by atoms with Crippen molar-refractivity contribution < 1.29 is 0 Å². The molecule has 0 aliphatic rings. The van der Waals surface area contributed by atoms with Crippen molar-refractivity contribution in [2.75, 3.05) is 12.4 Å². The van der Waals surface area contributed by atoms with E-state index >= 15 is 0 Å². The Hall–Kier alpha value is -1.42. The number of aromatic nitrogens is 2. The van der Waals surface area contributed by atoms with Gasteiger partial charge in [-0.15, -0.1) is 0 Å². The highest BCUT2D eigenvalue weighted by molar-refractivity contribution is 9.10. The third-order valence-corrected chi connectivity index (χ3v) is 2.84. The minimum Gasteiger partial charge on any atom is -0.372 e. The molecule has 1 aromatic carbocycles. The molecular weight excluding hydrogens is 266 g/mol. The van der Waals surface area contributed by atoms with Crippen LogP contribution >= 0.6 is 15.9 Å². The molecule has 1 N–H and O–H groups in total. The number of hydrogen-bond acceptors (Lipinski definition) is 3. The van der Waals surface area contributed by atoms with E-state index in [2.05, 4.69) is 50.3 Å². The first-order valence-corrected chi connectivity index (χ1v) is 5.77. The van der Waals surface area contributed by atoms with Crippen LogP contribution in [-0.2, 0) is 0 Å². The Morgan fingerprint density at radius 3 is 2.81 bits per heavy atom.